The average molecular weight is 239 g/mol. The second kappa shape index (κ2) is 6.70. The Morgan fingerprint density at radius 1 is 1.38 bits per heavy atom. The van der Waals surface area contributed by atoms with Gasteiger partial charge >= 0.3 is 0 Å². The van der Waals surface area contributed by atoms with Crippen molar-refractivity contribution in [3.05, 3.63) is 34.9 Å². The van der Waals surface area contributed by atoms with Crippen LogP contribution in [0.3, 0.4) is 0 Å². The molecule has 0 aliphatic heterocycles. The van der Waals surface area contributed by atoms with Crippen LogP contribution in [0.25, 0.3) is 0 Å². The summed E-state index contributed by atoms with van der Waals surface area (Å²) in [6, 6.07) is 7.56. The monoisotopic (exact) mass is 238 g/mol. The minimum absolute atomic E-state index is 0.286. The van der Waals surface area contributed by atoms with Crippen LogP contribution >= 0.6 is 11.6 Å². The maximum atomic E-state index is 11.8. The number of Topliss-reactive ketones (excluding diaryl/α,β-unsaturated/α-hetero) is 1. The molecule has 16 heavy (non-hydrogen) atoms. The largest absolute Gasteiger partial charge is 0.299 e. The molecule has 88 valence electrons. The van der Waals surface area contributed by atoms with E-state index in [9.17, 15) is 4.79 Å². The van der Waals surface area contributed by atoms with E-state index in [1.165, 1.54) is 0 Å². The first-order valence-electron chi connectivity index (χ1n) is 5.88. The molecule has 0 saturated heterocycles. The summed E-state index contributed by atoms with van der Waals surface area (Å²) in [4.78, 5) is 11.8. The number of hydrogen-bond acceptors (Lipinski definition) is 1. The van der Waals surface area contributed by atoms with E-state index in [1.54, 1.807) is 0 Å². The lowest BCUT2D eigenvalue weighted by Crippen LogP contribution is -2.08. The highest BCUT2D eigenvalue weighted by Crippen LogP contribution is 2.18. The normalized spacial score (nSPS) is 12.4. The summed E-state index contributed by atoms with van der Waals surface area (Å²) in [7, 11) is 0. The number of carbonyl (C=O) groups excluding carboxylic acids is 1. The lowest BCUT2D eigenvalue weighted by atomic mass is 9.96. The lowest BCUT2D eigenvalue weighted by Gasteiger charge is -2.09. The molecule has 0 aliphatic carbocycles. The zero-order valence-corrected chi connectivity index (χ0v) is 10.8. The maximum Gasteiger partial charge on any atom is 0.137 e. The first-order valence-corrected chi connectivity index (χ1v) is 6.26. The van der Waals surface area contributed by atoms with E-state index in [2.05, 4.69) is 13.8 Å². The van der Waals surface area contributed by atoms with Gasteiger partial charge in [0.1, 0.15) is 5.78 Å². The molecule has 0 aliphatic rings. The Labute approximate surface area is 103 Å². The minimum Gasteiger partial charge on any atom is -0.299 e. The molecule has 1 rings (SSSR count). The van der Waals surface area contributed by atoms with E-state index in [-0.39, 0.29) is 5.78 Å². The van der Waals surface area contributed by atoms with Crippen LogP contribution in [-0.4, -0.2) is 5.78 Å². The van der Waals surface area contributed by atoms with Gasteiger partial charge in [0.05, 0.1) is 0 Å². The molecule has 0 radical (unpaired) electrons. The fourth-order valence-electron chi connectivity index (χ4n) is 1.91. The second-order valence-corrected chi connectivity index (χ2v) is 4.81. The predicted molar refractivity (Wildman–Crippen MR) is 68.9 cm³/mol. The van der Waals surface area contributed by atoms with Crippen LogP contribution in [0, 0.1) is 5.92 Å². The average Bonchev–Trinajstić information content (AvgIpc) is 2.21. The molecule has 0 spiro atoms. The number of ketones is 1. The van der Waals surface area contributed by atoms with Crippen LogP contribution in [0.5, 0.6) is 0 Å². The van der Waals surface area contributed by atoms with Gasteiger partial charge in [-0.1, -0.05) is 56.5 Å². The van der Waals surface area contributed by atoms with Crippen LogP contribution < -0.4 is 0 Å². The van der Waals surface area contributed by atoms with E-state index in [4.69, 9.17) is 11.6 Å². The first kappa shape index (κ1) is 13.2. The highest BCUT2D eigenvalue weighted by molar-refractivity contribution is 6.31. The Bertz CT molecular complexity index is 346. The van der Waals surface area contributed by atoms with Crippen molar-refractivity contribution < 1.29 is 4.79 Å². The summed E-state index contributed by atoms with van der Waals surface area (Å²) < 4.78 is 0. The van der Waals surface area contributed by atoms with E-state index in [1.807, 2.05) is 24.3 Å². The molecule has 1 atom stereocenters. The Hall–Kier alpha value is -0.820. The van der Waals surface area contributed by atoms with Gasteiger partial charge in [0.15, 0.2) is 0 Å². The number of hydrogen-bond donors (Lipinski definition) is 0. The van der Waals surface area contributed by atoms with Crippen molar-refractivity contribution in [2.24, 2.45) is 5.92 Å². The second-order valence-electron chi connectivity index (χ2n) is 4.40. The van der Waals surface area contributed by atoms with Crippen LogP contribution in [0.2, 0.25) is 5.02 Å². The summed E-state index contributed by atoms with van der Waals surface area (Å²) in [5.74, 6) is 0.772. The van der Waals surface area contributed by atoms with Crippen LogP contribution in [-0.2, 0) is 11.2 Å². The molecule has 0 fully saturated rings. The molecule has 0 saturated carbocycles. The van der Waals surface area contributed by atoms with E-state index >= 15 is 0 Å². The van der Waals surface area contributed by atoms with E-state index in [0.29, 0.717) is 23.8 Å². The Morgan fingerprint density at radius 2 is 2.06 bits per heavy atom. The highest BCUT2D eigenvalue weighted by Gasteiger charge is 2.10. The van der Waals surface area contributed by atoms with Gasteiger partial charge in [0.25, 0.3) is 0 Å². The van der Waals surface area contributed by atoms with Crippen molar-refractivity contribution in [3.63, 3.8) is 0 Å². The molecule has 0 bridgehead atoms. The molecule has 1 nitrogen and oxygen atoms in total. The number of halogens is 1. The van der Waals surface area contributed by atoms with Crippen LogP contribution in [0.15, 0.2) is 24.3 Å². The van der Waals surface area contributed by atoms with Crippen molar-refractivity contribution >= 4 is 17.4 Å². The van der Waals surface area contributed by atoms with Gasteiger partial charge in [-0.15, -0.1) is 0 Å². The number of benzene rings is 1. The minimum atomic E-state index is 0.286. The molecular formula is C14H19ClO. The topological polar surface area (TPSA) is 17.1 Å². The third-order valence-corrected chi connectivity index (χ3v) is 3.07. The van der Waals surface area contributed by atoms with Gasteiger partial charge < -0.3 is 0 Å². The quantitative estimate of drug-likeness (QED) is 0.723. The van der Waals surface area contributed by atoms with Crippen molar-refractivity contribution in [2.45, 2.75) is 39.5 Å². The molecule has 2 heteroatoms. The summed E-state index contributed by atoms with van der Waals surface area (Å²) >= 11 is 6.01. The van der Waals surface area contributed by atoms with Crippen LogP contribution in [0.4, 0.5) is 0 Å². The zero-order chi connectivity index (χ0) is 12.0. The van der Waals surface area contributed by atoms with Gasteiger partial charge in [-0.05, 0) is 17.5 Å². The SMILES string of the molecule is CCCC(C)CC(=O)Cc1ccccc1Cl. The smallest absolute Gasteiger partial charge is 0.137 e. The van der Waals surface area contributed by atoms with Crippen molar-refractivity contribution in [1.29, 1.82) is 0 Å². The standard InChI is InChI=1S/C14H19ClO/c1-3-6-11(2)9-13(16)10-12-7-4-5-8-14(12)15/h4-5,7-8,11H,3,6,9-10H2,1-2H3. The lowest BCUT2D eigenvalue weighted by molar-refractivity contribution is -0.119. The van der Waals surface area contributed by atoms with Crippen molar-refractivity contribution in [3.8, 4) is 0 Å². The summed E-state index contributed by atoms with van der Waals surface area (Å²) in [6.07, 6.45) is 3.39. The molecule has 0 aromatic heterocycles. The molecule has 1 aromatic carbocycles. The molecule has 0 heterocycles. The number of carbonyl (C=O) groups is 1. The molecular weight excluding hydrogens is 220 g/mol. The van der Waals surface area contributed by atoms with Crippen molar-refractivity contribution in [2.75, 3.05) is 0 Å². The third-order valence-electron chi connectivity index (χ3n) is 2.70. The van der Waals surface area contributed by atoms with E-state index in [0.717, 1.165) is 18.4 Å². The fourth-order valence-corrected chi connectivity index (χ4v) is 2.11. The van der Waals surface area contributed by atoms with Gasteiger partial charge in [0, 0.05) is 17.9 Å². The third kappa shape index (κ3) is 4.36. The van der Waals surface area contributed by atoms with Gasteiger partial charge in [-0.3, -0.25) is 4.79 Å². The summed E-state index contributed by atoms with van der Waals surface area (Å²) in [6.45, 7) is 4.28. The van der Waals surface area contributed by atoms with Gasteiger partial charge in [-0.2, -0.15) is 0 Å². The van der Waals surface area contributed by atoms with Crippen LogP contribution in [0.1, 0.15) is 38.7 Å². The Balaban J connectivity index is 2.49. The number of rotatable bonds is 6. The predicted octanol–water partition coefficient (Wildman–Crippen LogP) is 4.28. The van der Waals surface area contributed by atoms with Crippen molar-refractivity contribution in [1.82, 2.24) is 0 Å². The Morgan fingerprint density at radius 3 is 2.69 bits per heavy atom. The van der Waals surface area contributed by atoms with Gasteiger partial charge in [-0.25, -0.2) is 0 Å². The summed E-state index contributed by atoms with van der Waals surface area (Å²) in [5.41, 5.74) is 0.942. The maximum absolute atomic E-state index is 11.8. The first-order chi connectivity index (χ1) is 7.63. The molecule has 0 amide bonds. The van der Waals surface area contributed by atoms with Gasteiger partial charge in [0.2, 0.25) is 0 Å². The summed E-state index contributed by atoms with van der Waals surface area (Å²) in [5, 5.41) is 0.694. The fraction of sp³-hybridized carbons (Fsp3) is 0.500. The Kier molecular flexibility index (Phi) is 5.54. The molecule has 1 unspecified atom stereocenters. The molecule has 1 aromatic rings. The molecule has 0 N–H and O–H groups in total. The van der Waals surface area contributed by atoms with E-state index < -0.39 is 0 Å². The highest BCUT2D eigenvalue weighted by atomic mass is 35.5. The zero-order valence-electron chi connectivity index (χ0n) is 10.0.